The van der Waals surface area contributed by atoms with E-state index in [1.807, 2.05) is 18.2 Å². The number of carbonyl (C=O) groups is 1. The first-order chi connectivity index (χ1) is 16.4. The van der Waals surface area contributed by atoms with Crippen LogP contribution in [0.5, 0.6) is 0 Å². The number of benzene rings is 3. The van der Waals surface area contributed by atoms with Gasteiger partial charge in [-0.3, -0.25) is 0 Å². The molecule has 0 heterocycles. The van der Waals surface area contributed by atoms with Crippen molar-refractivity contribution in [3.8, 4) is 0 Å². The van der Waals surface area contributed by atoms with E-state index in [-0.39, 0.29) is 24.2 Å². The average molecular weight is 462 g/mol. The molecule has 34 heavy (non-hydrogen) atoms. The highest BCUT2D eigenvalue weighted by molar-refractivity contribution is 5.91. The van der Waals surface area contributed by atoms with Crippen LogP contribution in [0.4, 0.5) is 0 Å². The fourth-order valence-electron chi connectivity index (χ4n) is 4.51. The molecule has 3 aromatic carbocycles. The molecule has 0 amide bonds. The molecule has 180 valence electrons. The van der Waals surface area contributed by atoms with Crippen LogP contribution < -0.4 is 5.32 Å². The van der Waals surface area contributed by atoms with Crippen LogP contribution in [0.25, 0.3) is 10.8 Å². The Morgan fingerprint density at radius 3 is 2.50 bits per heavy atom. The number of rotatable bonds is 11. The van der Waals surface area contributed by atoms with Crippen LogP contribution in [-0.2, 0) is 15.9 Å². The molecule has 0 aromatic heterocycles. The number of β-amino-alcohol motifs (C(OH)–C–C–N with tert-alkyl or cyclic N) is 1. The standard InChI is InChI=1S/C29H35NO4/c1-29(2,17-20-12-13-21-8-4-5-9-23(21)16-20)30-18-24(31)19-34-27(22-14-15-22)25-10-6-7-11-26(25)28(32)33-3/h4-13,16,22,24,27,30-31H,14-15,17-19H2,1-3H3. The molecule has 1 aliphatic carbocycles. The zero-order valence-corrected chi connectivity index (χ0v) is 20.3. The maximum Gasteiger partial charge on any atom is 0.338 e. The van der Waals surface area contributed by atoms with Gasteiger partial charge in [-0.1, -0.05) is 60.7 Å². The van der Waals surface area contributed by atoms with Gasteiger partial charge in [0.15, 0.2) is 0 Å². The number of carbonyl (C=O) groups excluding carboxylic acids is 1. The molecule has 0 saturated heterocycles. The van der Waals surface area contributed by atoms with E-state index in [1.54, 1.807) is 6.07 Å². The first kappa shape index (κ1) is 24.4. The molecule has 0 aliphatic heterocycles. The largest absolute Gasteiger partial charge is 0.465 e. The lowest BCUT2D eigenvalue weighted by molar-refractivity contribution is -0.0216. The van der Waals surface area contributed by atoms with Gasteiger partial charge in [-0.2, -0.15) is 0 Å². The lowest BCUT2D eigenvalue weighted by Gasteiger charge is -2.29. The number of hydrogen-bond acceptors (Lipinski definition) is 5. The maximum atomic E-state index is 12.2. The summed E-state index contributed by atoms with van der Waals surface area (Å²) >= 11 is 0. The molecule has 2 unspecified atom stereocenters. The van der Waals surface area contributed by atoms with Crippen molar-refractivity contribution in [1.29, 1.82) is 0 Å². The van der Waals surface area contributed by atoms with Crippen molar-refractivity contribution in [2.75, 3.05) is 20.3 Å². The summed E-state index contributed by atoms with van der Waals surface area (Å²) in [5.41, 5.74) is 2.45. The van der Waals surface area contributed by atoms with Crippen LogP contribution in [0.2, 0.25) is 0 Å². The number of methoxy groups -OCH3 is 1. The minimum Gasteiger partial charge on any atom is -0.465 e. The quantitative estimate of drug-likeness (QED) is 0.391. The van der Waals surface area contributed by atoms with Crippen molar-refractivity contribution in [1.82, 2.24) is 5.32 Å². The van der Waals surface area contributed by atoms with E-state index in [0.717, 1.165) is 24.8 Å². The maximum absolute atomic E-state index is 12.2. The second-order valence-corrected chi connectivity index (χ2v) is 9.95. The van der Waals surface area contributed by atoms with Gasteiger partial charge in [0.05, 0.1) is 31.5 Å². The van der Waals surface area contributed by atoms with Gasteiger partial charge in [-0.25, -0.2) is 4.79 Å². The first-order valence-corrected chi connectivity index (χ1v) is 12.1. The molecule has 3 aromatic rings. The predicted octanol–water partition coefficient (Wildman–Crippen LogP) is 5.07. The Kier molecular flexibility index (Phi) is 7.67. The topological polar surface area (TPSA) is 67.8 Å². The number of esters is 1. The van der Waals surface area contributed by atoms with Gasteiger partial charge in [0, 0.05) is 12.1 Å². The molecule has 5 heteroatoms. The van der Waals surface area contributed by atoms with Gasteiger partial charge in [0.2, 0.25) is 0 Å². The number of aliphatic hydroxyl groups excluding tert-OH is 1. The van der Waals surface area contributed by atoms with E-state index in [2.05, 4.69) is 61.6 Å². The second-order valence-electron chi connectivity index (χ2n) is 9.95. The molecule has 1 aliphatic rings. The SMILES string of the molecule is COC(=O)c1ccccc1C(OCC(O)CNC(C)(C)Cc1ccc2ccccc2c1)C1CC1. The Balaban J connectivity index is 1.33. The number of aliphatic hydroxyl groups is 1. The highest BCUT2D eigenvalue weighted by Crippen LogP contribution is 2.44. The van der Waals surface area contributed by atoms with Gasteiger partial charge in [-0.15, -0.1) is 0 Å². The summed E-state index contributed by atoms with van der Waals surface area (Å²) in [6, 6.07) is 22.4. The molecule has 1 fully saturated rings. The van der Waals surface area contributed by atoms with Gasteiger partial charge < -0.3 is 19.9 Å². The van der Waals surface area contributed by atoms with Crippen LogP contribution in [-0.4, -0.2) is 43.0 Å². The van der Waals surface area contributed by atoms with Crippen molar-refractivity contribution in [2.45, 2.75) is 50.9 Å². The third kappa shape index (κ3) is 6.23. The highest BCUT2D eigenvalue weighted by atomic mass is 16.5. The Morgan fingerprint density at radius 2 is 1.76 bits per heavy atom. The monoisotopic (exact) mass is 461 g/mol. The third-order valence-corrected chi connectivity index (χ3v) is 6.47. The average Bonchev–Trinajstić information content (AvgIpc) is 3.68. The van der Waals surface area contributed by atoms with E-state index in [1.165, 1.54) is 23.4 Å². The number of hydrogen-bond donors (Lipinski definition) is 2. The molecule has 2 N–H and O–H groups in total. The predicted molar refractivity (Wildman–Crippen MR) is 135 cm³/mol. The Labute approximate surface area is 202 Å². The van der Waals surface area contributed by atoms with Crippen molar-refractivity contribution in [3.63, 3.8) is 0 Å². The molecule has 4 rings (SSSR count). The molecular weight excluding hydrogens is 426 g/mol. The molecule has 0 bridgehead atoms. The van der Waals surface area contributed by atoms with Crippen LogP contribution in [0.1, 0.15) is 54.3 Å². The van der Waals surface area contributed by atoms with Crippen molar-refractivity contribution < 1.29 is 19.4 Å². The zero-order chi connectivity index (χ0) is 24.1. The minimum atomic E-state index is -0.651. The van der Waals surface area contributed by atoms with Crippen LogP contribution in [0, 0.1) is 5.92 Å². The summed E-state index contributed by atoms with van der Waals surface area (Å²) in [5.74, 6) is 0.0119. The highest BCUT2D eigenvalue weighted by Gasteiger charge is 2.35. The Hall–Kier alpha value is -2.73. The van der Waals surface area contributed by atoms with E-state index in [9.17, 15) is 9.90 Å². The zero-order valence-electron chi connectivity index (χ0n) is 20.3. The molecule has 1 saturated carbocycles. The lowest BCUT2D eigenvalue weighted by Crippen LogP contribution is -2.46. The summed E-state index contributed by atoms with van der Waals surface area (Å²) in [6.07, 6.45) is 2.11. The van der Waals surface area contributed by atoms with E-state index in [0.29, 0.717) is 18.0 Å². The molecule has 5 nitrogen and oxygen atoms in total. The third-order valence-electron chi connectivity index (χ3n) is 6.47. The summed E-state index contributed by atoms with van der Waals surface area (Å²) in [4.78, 5) is 12.2. The minimum absolute atomic E-state index is 0.184. The first-order valence-electron chi connectivity index (χ1n) is 12.1. The van der Waals surface area contributed by atoms with Gasteiger partial charge in [0.1, 0.15) is 0 Å². The van der Waals surface area contributed by atoms with E-state index >= 15 is 0 Å². The summed E-state index contributed by atoms with van der Waals surface area (Å²) < 4.78 is 11.1. The number of nitrogens with one attached hydrogen (secondary N) is 1. The molecule has 0 radical (unpaired) electrons. The van der Waals surface area contributed by atoms with Gasteiger partial charge >= 0.3 is 5.97 Å². The molecule has 2 atom stereocenters. The van der Waals surface area contributed by atoms with E-state index < -0.39 is 6.10 Å². The lowest BCUT2D eigenvalue weighted by atomic mass is 9.93. The summed E-state index contributed by atoms with van der Waals surface area (Å²) in [5, 5.41) is 16.6. The van der Waals surface area contributed by atoms with Crippen LogP contribution in [0.3, 0.4) is 0 Å². The number of ether oxygens (including phenoxy) is 2. The van der Waals surface area contributed by atoms with Gasteiger partial charge in [-0.05, 0) is 67.0 Å². The smallest absolute Gasteiger partial charge is 0.338 e. The van der Waals surface area contributed by atoms with Crippen LogP contribution in [0.15, 0.2) is 66.7 Å². The summed E-state index contributed by atoms with van der Waals surface area (Å²) in [6.45, 7) is 4.93. The van der Waals surface area contributed by atoms with Crippen molar-refractivity contribution in [2.24, 2.45) is 5.92 Å². The second kappa shape index (κ2) is 10.7. The van der Waals surface area contributed by atoms with Crippen LogP contribution >= 0.6 is 0 Å². The normalized spacial score (nSPS) is 15.8. The summed E-state index contributed by atoms with van der Waals surface area (Å²) in [7, 11) is 1.39. The fourth-order valence-corrected chi connectivity index (χ4v) is 4.51. The molecule has 0 spiro atoms. The van der Waals surface area contributed by atoms with Gasteiger partial charge in [0.25, 0.3) is 0 Å². The Morgan fingerprint density at radius 1 is 1.06 bits per heavy atom. The fraction of sp³-hybridized carbons (Fsp3) is 0.414. The van der Waals surface area contributed by atoms with Crippen molar-refractivity contribution >= 4 is 16.7 Å². The van der Waals surface area contributed by atoms with E-state index in [4.69, 9.17) is 9.47 Å². The number of fused-ring (bicyclic) bond motifs is 1. The molecular formula is C29H35NO4. The van der Waals surface area contributed by atoms with Crippen molar-refractivity contribution in [3.05, 3.63) is 83.4 Å². The Bertz CT molecular complexity index is 1120.